The molecule has 0 N–H and O–H groups in total. The second-order valence-electron chi connectivity index (χ2n) is 6.28. The van der Waals surface area contributed by atoms with Crippen molar-refractivity contribution >= 4 is 11.9 Å². The van der Waals surface area contributed by atoms with Crippen molar-refractivity contribution in [1.29, 1.82) is 0 Å². The second-order valence-corrected chi connectivity index (χ2v) is 6.28. The first-order valence-electron chi connectivity index (χ1n) is 8.56. The Morgan fingerprint density at radius 3 is 2.56 bits per heavy atom. The minimum atomic E-state index is -0.565. The zero-order valence-corrected chi connectivity index (χ0v) is 15.3. The van der Waals surface area contributed by atoms with Crippen LogP contribution in [0, 0.1) is 0 Å². The summed E-state index contributed by atoms with van der Waals surface area (Å²) in [4.78, 5) is 23.5. The fourth-order valence-corrected chi connectivity index (χ4v) is 3.12. The number of ether oxygens (including phenoxy) is 5. The van der Waals surface area contributed by atoms with Crippen molar-refractivity contribution in [2.24, 2.45) is 0 Å². The van der Waals surface area contributed by atoms with Crippen molar-refractivity contribution in [3.63, 3.8) is 0 Å². The maximum atomic E-state index is 12.0. The largest absolute Gasteiger partial charge is 0.466 e. The van der Waals surface area contributed by atoms with E-state index in [4.69, 9.17) is 18.9 Å². The molecular formula is C20H22O7. The van der Waals surface area contributed by atoms with Gasteiger partial charge in [-0.15, -0.1) is 0 Å². The molecule has 1 fully saturated rings. The van der Waals surface area contributed by atoms with Gasteiger partial charge in [-0.2, -0.15) is 0 Å². The first-order valence-corrected chi connectivity index (χ1v) is 8.56. The maximum absolute atomic E-state index is 12.0. The van der Waals surface area contributed by atoms with Gasteiger partial charge in [-0.25, -0.2) is 9.59 Å². The van der Waals surface area contributed by atoms with Crippen LogP contribution in [0.1, 0.15) is 18.3 Å². The zero-order valence-electron chi connectivity index (χ0n) is 15.3. The lowest BCUT2D eigenvalue weighted by Crippen LogP contribution is -2.41. The van der Waals surface area contributed by atoms with E-state index in [0.29, 0.717) is 5.57 Å². The highest BCUT2D eigenvalue weighted by Gasteiger charge is 2.45. The Balaban J connectivity index is 1.76. The average Bonchev–Trinajstić information content (AvgIpc) is 3.15. The fraction of sp³-hybridized carbons (Fsp3) is 0.400. The van der Waals surface area contributed by atoms with Crippen LogP contribution in [0.2, 0.25) is 0 Å². The molecule has 1 unspecified atom stereocenters. The number of methoxy groups -OCH3 is 2. The molecule has 144 valence electrons. The highest BCUT2D eigenvalue weighted by atomic mass is 16.7. The molecule has 0 spiro atoms. The number of benzene rings is 1. The third-order valence-electron chi connectivity index (χ3n) is 4.50. The van der Waals surface area contributed by atoms with Crippen molar-refractivity contribution in [2.75, 3.05) is 20.8 Å². The van der Waals surface area contributed by atoms with Crippen molar-refractivity contribution in [2.45, 2.75) is 31.0 Å². The zero-order chi connectivity index (χ0) is 19.4. The highest BCUT2D eigenvalue weighted by molar-refractivity contribution is 5.89. The molecule has 0 saturated carbocycles. The van der Waals surface area contributed by atoms with Gasteiger partial charge in [0.05, 0.1) is 32.5 Å². The maximum Gasteiger partial charge on any atom is 0.335 e. The first-order chi connectivity index (χ1) is 13.0. The summed E-state index contributed by atoms with van der Waals surface area (Å²) in [5, 5.41) is 0. The van der Waals surface area contributed by atoms with Gasteiger partial charge in [-0.3, -0.25) is 0 Å². The number of rotatable bonds is 6. The van der Waals surface area contributed by atoms with E-state index in [1.807, 2.05) is 30.3 Å². The van der Waals surface area contributed by atoms with Crippen molar-refractivity contribution in [3.05, 3.63) is 59.7 Å². The van der Waals surface area contributed by atoms with E-state index in [0.717, 1.165) is 5.56 Å². The Hall–Kier alpha value is -2.48. The number of esters is 2. The minimum absolute atomic E-state index is 0.0334. The quantitative estimate of drug-likeness (QED) is 0.557. The smallest absolute Gasteiger partial charge is 0.335 e. The summed E-state index contributed by atoms with van der Waals surface area (Å²) in [6.07, 6.45) is 0.0544. The number of carbonyl (C=O) groups excluding carboxylic acids is 2. The summed E-state index contributed by atoms with van der Waals surface area (Å²) in [5.41, 5.74) is 1.50. The Kier molecular flexibility index (Phi) is 6.05. The van der Waals surface area contributed by atoms with Gasteiger partial charge >= 0.3 is 11.9 Å². The molecule has 1 aromatic rings. The Morgan fingerprint density at radius 2 is 1.89 bits per heavy atom. The van der Waals surface area contributed by atoms with Crippen LogP contribution >= 0.6 is 0 Å². The number of fused-ring (bicyclic) bond motifs is 1. The van der Waals surface area contributed by atoms with Gasteiger partial charge < -0.3 is 23.7 Å². The average molecular weight is 374 g/mol. The fourth-order valence-electron chi connectivity index (χ4n) is 3.12. The van der Waals surface area contributed by atoms with Gasteiger partial charge in [0.2, 0.25) is 0 Å². The summed E-state index contributed by atoms with van der Waals surface area (Å²) < 4.78 is 27.3. The highest BCUT2D eigenvalue weighted by Crippen LogP contribution is 2.39. The molecule has 7 heteroatoms. The van der Waals surface area contributed by atoms with E-state index in [1.54, 1.807) is 6.08 Å². The normalized spacial score (nSPS) is 26.7. The SMILES string of the molecule is C=C(CO[C@@H]1CC(C(=O)OC)=C[C@H]2OC(c3ccccc3)O[C@H]21)C(=O)OC. The van der Waals surface area contributed by atoms with Crippen LogP contribution in [0.4, 0.5) is 0 Å². The number of hydrogen-bond acceptors (Lipinski definition) is 7. The van der Waals surface area contributed by atoms with Gasteiger partial charge in [0.25, 0.3) is 0 Å². The van der Waals surface area contributed by atoms with Gasteiger partial charge in [-0.05, 0) is 6.08 Å². The van der Waals surface area contributed by atoms with Gasteiger partial charge in [-0.1, -0.05) is 36.9 Å². The van der Waals surface area contributed by atoms with E-state index in [9.17, 15) is 9.59 Å². The molecule has 4 atom stereocenters. The van der Waals surface area contributed by atoms with Crippen LogP contribution in [0.3, 0.4) is 0 Å². The molecule has 0 aromatic heterocycles. The third-order valence-corrected chi connectivity index (χ3v) is 4.50. The standard InChI is InChI=1S/C20H22O7/c1-12(18(21)23-2)11-25-15-9-14(19(22)24-3)10-16-17(15)27-20(26-16)13-7-5-4-6-8-13/h4-8,10,15-17,20H,1,9,11H2,2-3H3/t15-,16-,17+,20?/m1/s1. The summed E-state index contributed by atoms with van der Waals surface area (Å²) >= 11 is 0. The first kappa shape index (κ1) is 19.3. The lowest BCUT2D eigenvalue weighted by molar-refractivity contribution is -0.139. The Morgan fingerprint density at radius 1 is 1.15 bits per heavy atom. The van der Waals surface area contributed by atoms with Crippen LogP contribution in [-0.2, 0) is 33.3 Å². The van der Waals surface area contributed by atoms with Crippen LogP contribution in [0.15, 0.2) is 54.1 Å². The molecule has 1 heterocycles. The van der Waals surface area contributed by atoms with Crippen molar-refractivity contribution < 1.29 is 33.3 Å². The molecule has 1 aliphatic heterocycles. The van der Waals surface area contributed by atoms with E-state index in [1.165, 1.54) is 14.2 Å². The van der Waals surface area contributed by atoms with Crippen molar-refractivity contribution in [1.82, 2.24) is 0 Å². The molecule has 0 amide bonds. The summed E-state index contributed by atoms with van der Waals surface area (Å²) in [6, 6.07) is 9.51. The molecule has 1 saturated heterocycles. The van der Waals surface area contributed by atoms with E-state index >= 15 is 0 Å². The molecule has 7 nitrogen and oxygen atoms in total. The van der Waals surface area contributed by atoms with E-state index in [2.05, 4.69) is 11.3 Å². The van der Waals surface area contributed by atoms with Gasteiger partial charge in [0.1, 0.15) is 12.2 Å². The van der Waals surface area contributed by atoms with Crippen LogP contribution in [0.25, 0.3) is 0 Å². The van der Waals surface area contributed by atoms with Gasteiger partial charge in [0, 0.05) is 17.6 Å². The molecule has 0 radical (unpaired) electrons. The topological polar surface area (TPSA) is 80.3 Å². The second kappa shape index (κ2) is 8.47. The molecule has 0 bridgehead atoms. The minimum Gasteiger partial charge on any atom is -0.466 e. The predicted octanol–water partition coefficient (Wildman–Crippen LogP) is 2.09. The van der Waals surface area contributed by atoms with Crippen LogP contribution in [0.5, 0.6) is 0 Å². The van der Waals surface area contributed by atoms with Crippen LogP contribution in [-0.4, -0.2) is 51.1 Å². The number of hydrogen-bond donors (Lipinski definition) is 0. The Bertz CT molecular complexity index is 740. The lowest BCUT2D eigenvalue weighted by atomic mass is 9.92. The summed E-state index contributed by atoms with van der Waals surface area (Å²) in [7, 11) is 2.60. The van der Waals surface area contributed by atoms with Crippen LogP contribution < -0.4 is 0 Å². The van der Waals surface area contributed by atoms with Crippen molar-refractivity contribution in [3.8, 4) is 0 Å². The molecule has 1 aliphatic carbocycles. The summed E-state index contributed by atoms with van der Waals surface area (Å²) in [5.74, 6) is -0.988. The summed E-state index contributed by atoms with van der Waals surface area (Å²) in [6.45, 7) is 3.62. The molecule has 1 aromatic carbocycles. The molecular weight excluding hydrogens is 352 g/mol. The third kappa shape index (κ3) is 4.27. The number of carbonyl (C=O) groups is 2. The van der Waals surface area contributed by atoms with E-state index < -0.39 is 36.5 Å². The van der Waals surface area contributed by atoms with E-state index in [-0.39, 0.29) is 18.6 Å². The predicted molar refractivity (Wildman–Crippen MR) is 94.5 cm³/mol. The van der Waals surface area contributed by atoms with Gasteiger partial charge in [0.15, 0.2) is 6.29 Å². The molecule has 3 rings (SSSR count). The Labute approximate surface area is 157 Å². The monoisotopic (exact) mass is 374 g/mol. The molecule has 2 aliphatic rings. The molecule has 27 heavy (non-hydrogen) atoms. The lowest BCUT2D eigenvalue weighted by Gasteiger charge is -2.30.